The van der Waals surface area contributed by atoms with Gasteiger partial charge in [-0.2, -0.15) is 0 Å². The van der Waals surface area contributed by atoms with E-state index >= 15 is 0 Å². The van der Waals surface area contributed by atoms with Gasteiger partial charge in [-0.1, -0.05) is 0 Å². The number of nitrogens with one attached hydrogen (secondary N) is 2. The minimum absolute atomic E-state index is 0.869. The van der Waals surface area contributed by atoms with E-state index in [2.05, 4.69) is 44.8 Å². The highest BCUT2D eigenvalue weighted by molar-refractivity contribution is 5.94. The lowest BCUT2D eigenvalue weighted by Gasteiger charge is -2.28. The maximum atomic E-state index is 4.33. The van der Waals surface area contributed by atoms with Crippen LogP contribution >= 0.6 is 0 Å². The van der Waals surface area contributed by atoms with Crippen molar-refractivity contribution < 1.29 is 0 Å². The number of anilines is 2. The molecule has 0 unspecified atom stereocenters. The lowest BCUT2D eigenvalue weighted by Crippen LogP contribution is -2.29. The van der Waals surface area contributed by atoms with Gasteiger partial charge in [-0.25, -0.2) is 0 Å². The van der Waals surface area contributed by atoms with Crippen LogP contribution in [0.3, 0.4) is 0 Å². The smallest absolute Gasteiger partial charge is 0.195 e. The van der Waals surface area contributed by atoms with Gasteiger partial charge in [0, 0.05) is 31.0 Å². The summed E-state index contributed by atoms with van der Waals surface area (Å²) in [5, 5.41) is 6.50. The summed E-state index contributed by atoms with van der Waals surface area (Å²) in [6.07, 6.45) is 4.02. The first-order chi connectivity index (χ1) is 8.92. The number of guanidine groups is 1. The van der Waals surface area contributed by atoms with E-state index in [4.69, 9.17) is 0 Å². The van der Waals surface area contributed by atoms with E-state index in [-0.39, 0.29) is 0 Å². The van der Waals surface area contributed by atoms with Crippen LogP contribution in [0, 0.1) is 0 Å². The summed E-state index contributed by atoms with van der Waals surface area (Å²) in [6, 6.07) is 8.66. The Labute approximate surface area is 108 Å². The van der Waals surface area contributed by atoms with Crippen LogP contribution in [0.1, 0.15) is 19.3 Å². The Morgan fingerprint density at radius 3 is 2.50 bits per heavy atom. The van der Waals surface area contributed by atoms with Gasteiger partial charge in [0.25, 0.3) is 0 Å². The Balaban J connectivity index is 1.64. The van der Waals surface area contributed by atoms with E-state index in [1.54, 1.807) is 0 Å². The molecule has 3 rings (SSSR count). The van der Waals surface area contributed by atoms with Crippen LogP contribution in [-0.2, 0) is 0 Å². The second-order valence-electron chi connectivity index (χ2n) is 4.88. The molecule has 0 aromatic heterocycles. The average molecular weight is 244 g/mol. The molecule has 1 fully saturated rings. The van der Waals surface area contributed by atoms with Crippen LogP contribution in [0.2, 0.25) is 0 Å². The summed E-state index contributed by atoms with van der Waals surface area (Å²) < 4.78 is 0. The number of rotatable bonds is 2. The third kappa shape index (κ3) is 2.58. The molecule has 0 spiro atoms. The quantitative estimate of drug-likeness (QED) is 0.836. The molecule has 0 atom stereocenters. The SMILES string of the molecule is c1cc(N2CCCCC2)ccc1NC1=NCCN1. The van der Waals surface area contributed by atoms with Crippen molar-refractivity contribution in [2.24, 2.45) is 4.99 Å². The van der Waals surface area contributed by atoms with E-state index in [1.165, 1.54) is 38.0 Å². The first kappa shape index (κ1) is 11.4. The second kappa shape index (κ2) is 5.29. The molecule has 4 nitrogen and oxygen atoms in total. The standard InChI is InChI=1S/C14H20N4/c1-2-10-18(11-3-1)13-6-4-12(5-7-13)17-14-15-8-9-16-14/h4-7H,1-3,8-11H2,(H2,15,16,17). The molecule has 1 saturated heterocycles. The molecule has 4 heteroatoms. The van der Waals surface area contributed by atoms with Gasteiger partial charge in [0.2, 0.25) is 0 Å². The van der Waals surface area contributed by atoms with Crippen molar-refractivity contribution in [1.82, 2.24) is 5.32 Å². The normalized spacial score (nSPS) is 19.3. The average Bonchev–Trinajstić information content (AvgIpc) is 2.94. The molecule has 0 saturated carbocycles. The highest BCUT2D eigenvalue weighted by Gasteiger charge is 2.11. The fourth-order valence-corrected chi connectivity index (χ4v) is 2.53. The molecule has 96 valence electrons. The Bertz CT molecular complexity index is 418. The summed E-state index contributed by atoms with van der Waals surface area (Å²) in [6.45, 7) is 4.20. The molecule has 2 aliphatic rings. The number of hydrogen-bond donors (Lipinski definition) is 2. The molecule has 18 heavy (non-hydrogen) atoms. The molecule has 0 bridgehead atoms. The monoisotopic (exact) mass is 244 g/mol. The van der Waals surface area contributed by atoms with Gasteiger partial charge in [-0.3, -0.25) is 4.99 Å². The predicted octanol–water partition coefficient (Wildman–Crippen LogP) is 2.05. The fourth-order valence-electron chi connectivity index (χ4n) is 2.53. The van der Waals surface area contributed by atoms with E-state index in [9.17, 15) is 0 Å². The van der Waals surface area contributed by atoms with Gasteiger partial charge < -0.3 is 15.5 Å². The first-order valence-electron chi connectivity index (χ1n) is 6.82. The maximum absolute atomic E-state index is 4.33. The van der Waals surface area contributed by atoms with Gasteiger partial charge >= 0.3 is 0 Å². The number of benzene rings is 1. The van der Waals surface area contributed by atoms with Crippen LogP contribution in [0.4, 0.5) is 11.4 Å². The minimum atomic E-state index is 0.869. The largest absolute Gasteiger partial charge is 0.372 e. The summed E-state index contributed by atoms with van der Waals surface area (Å²) in [5.74, 6) is 0.890. The van der Waals surface area contributed by atoms with Gasteiger partial charge in [-0.05, 0) is 43.5 Å². The Morgan fingerprint density at radius 1 is 1.06 bits per heavy atom. The highest BCUT2D eigenvalue weighted by atomic mass is 15.2. The molecule has 0 amide bonds. The van der Waals surface area contributed by atoms with Crippen molar-refractivity contribution in [3.8, 4) is 0 Å². The zero-order chi connectivity index (χ0) is 12.2. The summed E-state index contributed by atoms with van der Waals surface area (Å²) in [5.41, 5.74) is 2.44. The van der Waals surface area contributed by atoms with Crippen LogP contribution in [0.25, 0.3) is 0 Å². The zero-order valence-electron chi connectivity index (χ0n) is 10.7. The molecular formula is C14H20N4. The van der Waals surface area contributed by atoms with E-state index in [1.807, 2.05) is 0 Å². The topological polar surface area (TPSA) is 39.7 Å². The zero-order valence-corrected chi connectivity index (χ0v) is 10.7. The Kier molecular flexibility index (Phi) is 3.35. The molecule has 1 aromatic carbocycles. The van der Waals surface area contributed by atoms with Crippen molar-refractivity contribution in [2.45, 2.75) is 19.3 Å². The first-order valence-corrected chi connectivity index (χ1v) is 6.82. The van der Waals surface area contributed by atoms with Crippen LogP contribution in [-0.4, -0.2) is 32.1 Å². The van der Waals surface area contributed by atoms with E-state index < -0.39 is 0 Å². The van der Waals surface area contributed by atoms with Crippen molar-refractivity contribution in [3.63, 3.8) is 0 Å². The van der Waals surface area contributed by atoms with Crippen molar-refractivity contribution >= 4 is 17.3 Å². The number of piperidine rings is 1. The Morgan fingerprint density at radius 2 is 1.83 bits per heavy atom. The molecule has 2 N–H and O–H groups in total. The molecule has 2 aliphatic heterocycles. The van der Waals surface area contributed by atoms with Crippen molar-refractivity contribution in [1.29, 1.82) is 0 Å². The predicted molar refractivity (Wildman–Crippen MR) is 76.4 cm³/mol. The van der Waals surface area contributed by atoms with E-state index in [0.29, 0.717) is 0 Å². The van der Waals surface area contributed by atoms with Crippen LogP contribution in [0.15, 0.2) is 29.3 Å². The Hall–Kier alpha value is -1.71. The van der Waals surface area contributed by atoms with Crippen LogP contribution in [0.5, 0.6) is 0 Å². The lowest BCUT2D eigenvalue weighted by atomic mass is 10.1. The molecule has 1 aromatic rings. The molecule has 2 heterocycles. The number of nitrogens with zero attached hydrogens (tertiary/aromatic N) is 2. The number of aliphatic imine (C=N–C) groups is 1. The van der Waals surface area contributed by atoms with Gasteiger partial charge in [0.05, 0.1) is 6.54 Å². The van der Waals surface area contributed by atoms with Gasteiger partial charge in [0.15, 0.2) is 5.96 Å². The molecular weight excluding hydrogens is 224 g/mol. The van der Waals surface area contributed by atoms with Gasteiger partial charge in [0.1, 0.15) is 0 Å². The third-order valence-corrected chi connectivity index (χ3v) is 3.53. The number of hydrogen-bond acceptors (Lipinski definition) is 4. The minimum Gasteiger partial charge on any atom is -0.372 e. The second-order valence-corrected chi connectivity index (χ2v) is 4.88. The maximum Gasteiger partial charge on any atom is 0.195 e. The summed E-state index contributed by atoms with van der Waals surface area (Å²) in [4.78, 5) is 6.80. The van der Waals surface area contributed by atoms with Crippen molar-refractivity contribution in [2.75, 3.05) is 36.4 Å². The highest BCUT2D eigenvalue weighted by Crippen LogP contribution is 2.21. The summed E-state index contributed by atoms with van der Waals surface area (Å²) >= 11 is 0. The lowest BCUT2D eigenvalue weighted by molar-refractivity contribution is 0.578. The van der Waals surface area contributed by atoms with Gasteiger partial charge in [-0.15, -0.1) is 0 Å². The molecule has 0 aliphatic carbocycles. The van der Waals surface area contributed by atoms with E-state index in [0.717, 1.165) is 24.7 Å². The summed E-state index contributed by atoms with van der Waals surface area (Å²) in [7, 11) is 0. The van der Waals surface area contributed by atoms with Crippen molar-refractivity contribution in [3.05, 3.63) is 24.3 Å². The fraction of sp³-hybridized carbons (Fsp3) is 0.500. The third-order valence-electron chi connectivity index (χ3n) is 3.53. The molecule has 0 radical (unpaired) electrons. The van der Waals surface area contributed by atoms with Crippen LogP contribution < -0.4 is 15.5 Å².